The van der Waals surface area contributed by atoms with Crippen molar-refractivity contribution < 1.29 is 14.2 Å². The minimum atomic E-state index is -0.446. The maximum absolute atomic E-state index is 11.5. The van der Waals surface area contributed by atoms with Gasteiger partial charge in [-0.3, -0.25) is 14.3 Å². The summed E-state index contributed by atoms with van der Waals surface area (Å²) in [6.07, 6.45) is 1.51. The number of rotatable bonds is 12. The summed E-state index contributed by atoms with van der Waals surface area (Å²) in [5.74, 6) is 0. The Balaban J connectivity index is 2.02. The summed E-state index contributed by atoms with van der Waals surface area (Å²) >= 11 is 0. The molecule has 1 rings (SSSR count). The Morgan fingerprint density at radius 1 is 1.13 bits per heavy atom. The van der Waals surface area contributed by atoms with Crippen molar-refractivity contribution in [3.63, 3.8) is 0 Å². The van der Waals surface area contributed by atoms with Crippen molar-refractivity contribution in [3.05, 3.63) is 43.0 Å². The normalized spacial score (nSPS) is 10.5. The monoisotopic (exact) mass is 327 g/mol. The predicted molar refractivity (Wildman–Crippen MR) is 82.5 cm³/mol. The maximum Gasteiger partial charge on any atom is 0.328 e. The Morgan fingerprint density at radius 2 is 1.74 bits per heavy atom. The number of aromatic amines is 1. The van der Waals surface area contributed by atoms with Gasteiger partial charge >= 0.3 is 5.69 Å². The number of hydrogen-bond donors (Lipinski definition) is 1. The average Bonchev–Trinajstić information content (AvgIpc) is 2.53. The fraction of sp³-hybridized carbons (Fsp3) is 0.692. The van der Waals surface area contributed by atoms with Crippen LogP contribution in [-0.4, -0.2) is 55.7 Å². The summed E-state index contributed by atoms with van der Waals surface area (Å²) in [4.78, 5) is 27.6. The molecule has 0 saturated heterocycles. The van der Waals surface area contributed by atoms with Gasteiger partial charge < -0.3 is 14.2 Å². The second kappa shape index (κ2) is 11.4. The van der Waals surface area contributed by atoms with Crippen LogP contribution in [0.4, 0.5) is 0 Å². The van der Waals surface area contributed by atoms with E-state index >= 15 is 0 Å². The molecule has 23 heavy (non-hydrogen) atoms. The van der Waals surface area contributed by atoms with E-state index in [9.17, 15) is 9.59 Å². The van der Waals surface area contributed by atoms with Crippen LogP contribution < -0.4 is 11.2 Å². The number of azide groups is 1. The fourth-order valence-electron chi connectivity index (χ4n) is 1.64. The number of aryl methyl sites for hydroxylation is 1. The molecule has 10 nitrogen and oxygen atoms in total. The third kappa shape index (κ3) is 8.17. The summed E-state index contributed by atoms with van der Waals surface area (Å²) in [5, 5.41) is 3.33. The Bertz CT molecular complexity index is 620. The molecule has 0 saturated carbocycles. The Kier molecular flexibility index (Phi) is 9.41. The average molecular weight is 327 g/mol. The molecule has 1 aromatic rings. The third-order valence-electron chi connectivity index (χ3n) is 2.81. The predicted octanol–water partition coefficient (Wildman–Crippen LogP) is 0.205. The van der Waals surface area contributed by atoms with Crippen molar-refractivity contribution in [3.8, 4) is 0 Å². The highest BCUT2D eigenvalue weighted by molar-refractivity contribution is 5.00. The molecule has 0 fully saturated rings. The first kappa shape index (κ1) is 18.9. The van der Waals surface area contributed by atoms with Crippen LogP contribution in [0.1, 0.15) is 5.56 Å². The van der Waals surface area contributed by atoms with Gasteiger partial charge in [0.2, 0.25) is 0 Å². The van der Waals surface area contributed by atoms with E-state index in [4.69, 9.17) is 19.7 Å². The summed E-state index contributed by atoms with van der Waals surface area (Å²) in [7, 11) is 0. The van der Waals surface area contributed by atoms with Crippen LogP contribution >= 0.6 is 0 Å². The van der Waals surface area contributed by atoms with Crippen LogP contribution in [0.3, 0.4) is 0 Å². The second-order valence-electron chi connectivity index (χ2n) is 4.56. The van der Waals surface area contributed by atoms with Crippen molar-refractivity contribution in [2.45, 2.75) is 13.5 Å². The highest BCUT2D eigenvalue weighted by atomic mass is 16.5. The van der Waals surface area contributed by atoms with Gasteiger partial charge in [0.1, 0.15) is 0 Å². The third-order valence-corrected chi connectivity index (χ3v) is 2.81. The SMILES string of the molecule is Cc1cn(CCOCCOCCOCCN=[N+]=[N-])c(=O)[nH]c1=O. The van der Waals surface area contributed by atoms with E-state index in [0.29, 0.717) is 58.3 Å². The first-order valence-corrected chi connectivity index (χ1v) is 7.19. The summed E-state index contributed by atoms with van der Waals surface area (Å²) in [6.45, 7) is 4.69. The maximum atomic E-state index is 11.5. The minimum Gasteiger partial charge on any atom is -0.379 e. The lowest BCUT2D eigenvalue weighted by molar-refractivity contribution is 0.0144. The number of H-pyrrole nitrogens is 1. The standard InChI is InChI=1S/C13H21N5O5/c1-11-10-18(13(20)16-12(11)19)3-5-22-7-9-23-8-6-21-4-2-15-17-14/h10H,2-9H2,1H3,(H,16,19,20). The molecule has 0 aromatic carbocycles. The molecule has 0 radical (unpaired) electrons. The van der Waals surface area contributed by atoms with Gasteiger partial charge in [-0.15, -0.1) is 0 Å². The van der Waals surface area contributed by atoms with E-state index in [1.807, 2.05) is 0 Å². The molecule has 0 bridgehead atoms. The van der Waals surface area contributed by atoms with E-state index < -0.39 is 5.69 Å². The Morgan fingerprint density at radius 3 is 2.39 bits per heavy atom. The van der Waals surface area contributed by atoms with Crippen molar-refractivity contribution in [1.29, 1.82) is 0 Å². The molecule has 1 N–H and O–H groups in total. The lowest BCUT2D eigenvalue weighted by Gasteiger charge is -2.08. The molecule has 0 unspecified atom stereocenters. The first-order chi connectivity index (χ1) is 11.1. The molecular weight excluding hydrogens is 306 g/mol. The zero-order valence-corrected chi connectivity index (χ0v) is 13.1. The lowest BCUT2D eigenvalue weighted by atomic mass is 10.4. The molecule has 0 atom stereocenters. The topological polar surface area (TPSA) is 131 Å². The fourth-order valence-corrected chi connectivity index (χ4v) is 1.64. The van der Waals surface area contributed by atoms with Crippen LogP contribution in [0.15, 0.2) is 20.9 Å². The number of ether oxygens (including phenoxy) is 3. The summed E-state index contributed by atoms with van der Waals surface area (Å²) in [6, 6.07) is 0. The van der Waals surface area contributed by atoms with E-state index in [1.165, 1.54) is 10.8 Å². The van der Waals surface area contributed by atoms with Gasteiger partial charge in [-0.2, -0.15) is 0 Å². The molecular formula is C13H21N5O5. The van der Waals surface area contributed by atoms with Crippen LogP contribution in [0, 0.1) is 6.92 Å². The van der Waals surface area contributed by atoms with Crippen molar-refractivity contribution in [2.24, 2.45) is 5.11 Å². The molecule has 0 amide bonds. The van der Waals surface area contributed by atoms with Gasteiger partial charge in [0, 0.05) is 23.2 Å². The Labute approximate surface area is 132 Å². The molecule has 0 aliphatic carbocycles. The quantitative estimate of drug-likeness (QED) is 0.253. The van der Waals surface area contributed by atoms with Gasteiger partial charge in [0.05, 0.1) is 46.2 Å². The van der Waals surface area contributed by atoms with E-state index in [-0.39, 0.29) is 5.56 Å². The summed E-state index contributed by atoms with van der Waals surface area (Å²) < 4.78 is 17.2. The van der Waals surface area contributed by atoms with Crippen LogP contribution in [0.5, 0.6) is 0 Å². The van der Waals surface area contributed by atoms with Gasteiger partial charge in [-0.05, 0) is 12.5 Å². The lowest BCUT2D eigenvalue weighted by Crippen LogP contribution is -2.31. The van der Waals surface area contributed by atoms with Crippen LogP contribution in [0.25, 0.3) is 10.4 Å². The second-order valence-corrected chi connectivity index (χ2v) is 4.56. The van der Waals surface area contributed by atoms with E-state index in [1.54, 1.807) is 6.92 Å². The van der Waals surface area contributed by atoms with Crippen LogP contribution in [0.2, 0.25) is 0 Å². The number of aromatic nitrogens is 2. The van der Waals surface area contributed by atoms with E-state index in [2.05, 4.69) is 15.0 Å². The van der Waals surface area contributed by atoms with Gasteiger partial charge in [0.25, 0.3) is 5.56 Å². The van der Waals surface area contributed by atoms with Gasteiger partial charge in [-0.1, -0.05) is 5.11 Å². The number of nitrogens with zero attached hydrogens (tertiary/aromatic N) is 4. The van der Waals surface area contributed by atoms with Crippen molar-refractivity contribution in [2.75, 3.05) is 46.2 Å². The molecule has 0 spiro atoms. The molecule has 128 valence electrons. The van der Waals surface area contributed by atoms with Crippen LogP contribution in [-0.2, 0) is 20.8 Å². The molecule has 0 aliphatic rings. The molecule has 0 aliphatic heterocycles. The Hall–Kier alpha value is -2.13. The van der Waals surface area contributed by atoms with E-state index in [0.717, 1.165) is 0 Å². The molecule has 1 heterocycles. The molecule has 1 aromatic heterocycles. The minimum absolute atomic E-state index is 0.309. The molecule has 10 heteroatoms. The first-order valence-electron chi connectivity index (χ1n) is 7.19. The largest absolute Gasteiger partial charge is 0.379 e. The number of hydrogen-bond acceptors (Lipinski definition) is 6. The summed E-state index contributed by atoms with van der Waals surface area (Å²) in [5.41, 5.74) is 7.71. The zero-order chi connectivity index (χ0) is 16.9. The van der Waals surface area contributed by atoms with Gasteiger partial charge in [-0.25, -0.2) is 4.79 Å². The smallest absolute Gasteiger partial charge is 0.328 e. The zero-order valence-electron chi connectivity index (χ0n) is 13.1. The number of nitrogens with one attached hydrogen (secondary N) is 1. The van der Waals surface area contributed by atoms with Crippen molar-refractivity contribution in [1.82, 2.24) is 9.55 Å². The van der Waals surface area contributed by atoms with Crippen molar-refractivity contribution >= 4 is 0 Å². The highest BCUT2D eigenvalue weighted by Crippen LogP contribution is 1.87. The highest BCUT2D eigenvalue weighted by Gasteiger charge is 2.00. The van der Waals surface area contributed by atoms with Gasteiger partial charge in [0.15, 0.2) is 0 Å².